The number of fused-ring (bicyclic) bond motifs is 1. The van der Waals surface area contributed by atoms with Crippen molar-refractivity contribution in [2.75, 3.05) is 13.2 Å². The fourth-order valence-corrected chi connectivity index (χ4v) is 2.85. The molecule has 0 amide bonds. The van der Waals surface area contributed by atoms with E-state index >= 15 is 0 Å². The molecule has 4 nitrogen and oxygen atoms in total. The third-order valence-electron chi connectivity index (χ3n) is 3.28. The van der Waals surface area contributed by atoms with Gasteiger partial charge in [0.1, 0.15) is 19.0 Å². The highest BCUT2D eigenvalue weighted by molar-refractivity contribution is 9.10. The van der Waals surface area contributed by atoms with Gasteiger partial charge in [0.25, 0.3) is 0 Å². The van der Waals surface area contributed by atoms with Gasteiger partial charge in [-0.3, -0.25) is 5.84 Å². The first-order valence-corrected chi connectivity index (χ1v) is 7.28. The molecule has 0 fully saturated rings. The van der Waals surface area contributed by atoms with Gasteiger partial charge >= 0.3 is 0 Å². The number of hydrazine groups is 1. The summed E-state index contributed by atoms with van der Waals surface area (Å²) in [4.78, 5) is 0. The predicted molar refractivity (Wildman–Crippen MR) is 80.7 cm³/mol. The van der Waals surface area contributed by atoms with Crippen molar-refractivity contribution in [3.63, 3.8) is 0 Å². The topological polar surface area (TPSA) is 56.5 Å². The SMILES string of the molecule is NNC(c1cc(F)cc(Br)c1)c1ccc2c(c1)OCCO2. The van der Waals surface area contributed by atoms with Crippen LogP contribution in [-0.2, 0) is 0 Å². The second-order valence-corrected chi connectivity index (χ2v) is 5.62. The highest BCUT2D eigenvalue weighted by atomic mass is 79.9. The molecule has 3 N–H and O–H groups in total. The monoisotopic (exact) mass is 352 g/mol. The van der Waals surface area contributed by atoms with Crippen molar-refractivity contribution < 1.29 is 13.9 Å². The largest absolute Gasteiger partial charge is 0.486 e. The highest BCUT2D eigenvalue weighted by Crippen LogP contribution is 2.34. The van der Waals surface area contributed by atoms with Crippen molar-refractivity contribution >= 4 is 15.9 Å². The summed E-state index contributed by atoms with van der Waals surface area (Å²) in [5, 5.41) is 0. The number of rotatable bonds is 3. The summed E-state index contributed by atoms with van der Waals surface area (Å²) in [5.74, 6) is 6.72. The molecule has 0 aliphatic carbocycles. The Morgan fingerprint density at radius 3 is 2.52 bits per heavy atom. The maximum atomic E-state index is 13.6. The van der Waals surface area contributed by atoms with Gasteiger partial charge in [0.2, 0.25) is 0 Å². The minimum atomic E-state index is -0.340. The lowest BCUT2D eigenvalue weighted by Crippen LogP contribution is -2.29. The fourth-order valence-electron chi connectivity index (χ4n) is 2.37. The van der Waals surface area contributed by atoms with E-state index in [1.54, 1.807) is 0 Å². The molecule has 1 unspecified atom stereocenters. The van der Waals surface area contributed by atoms with Crippen molar-refractivity contribution in [1.82, 2.24) is 5.43 Å². The van der Waals surface area contributed by atoms with Crippen molar-refractivity contribution in [2.45, 2.75) is 6.04 Å². The smallest absolute Gasteiger partial charge is 0.161 e. The van der Waals surface area contributed by atoms with Crippen molar-refractivity contribution in [1.29, 1.82) is 0 Å². The molecule has 2 aromatic rings. The molecule has 110 valence electrons. The van der Waals surface area contributed by atoms with E-state index in [2.05, 4.69) is 21.4 Å². The Hall–Kier alpha value is -1.63. The van der Waals surface area contributed by atoms with Crippen molar-refractivity contribution in [2.24, 2.45) is 5.84 Å². The number of nitrogens with two attached hydrogens (primary N) is 1. The zero-order chi connectivity index (χ0) is 14.8. The van der Waals surface area contributed by atoms with Crippen LogP contribution >= 0.6 is 15.9 Å². The maximum Gasteiger partial charge on any atom is 0.161 e. The van der Waals surface area contributed by atoms with Crippen LogP contribution in [0.25, 0.3) is 0 Å². The molecule has 1 aliphatic rings. The van der Waals surface area contributed by atoms with Gasteiger partial charge in [-0.25, -0.2) is 9.82 Å². The second kappa shape index (κ2) is 6.01. The standard InChI is InChI=1S/C15H14BrFN2O2/c16-11-5-10(6-12(17)8-11)15(19-18)9-1-2-13-14(7-9)21-4-3-20-13/h1-2,5-8,15,19H,3-4,18H2. The third kappa shape index (κ3) is 3.02. The summed E-state index contributed by atoms with van der Waals surface area (Å²) in [5.41, 5.74) is 4.31. The lowest BCUT2D eigenvalue weighted by molar-refractivity contribution is 0.171. The van der Waals surface area contributed by atoms with E-state index in [1.165, 1.54) is 12.1 Å². The van der Waals surface area contributed by atoms with Gasteiger partial charge in [-0.05, 0) is 41.5 Å². The zero-order valence-corrected chi connectivity index (χ0v) is 12.7. The summed E-state index contributed by atoms with van der Waals surface area (Å²) >= 11 is 3.29. The molecule has 1 atom stereocenters. The Morgan fingerprint density at radius 2 is 1.81 bits per heavy atom. The summed E-state index contributed by atoms with van der Waals surface area (Å²) in [6.45, 7) is 1.06. The Kier molecular flexibility index (Phi) is 4.10. The van der Waals surface area contributed by atoms with Crippen LogP contribution in [0.3, 0.4) is 0 Å². The first-order valence-electron chi connectivity index (χ1n) is 6.49. The van der Waals surface area contributed by atoms with E-state index in [0.717, 1.165) is 11.1 Å². The van der Waals surface area contributed by atoms with E-state index in [0.29, 0.717) is 29.2 Å². The molecule has 0 radical (unpaired) electrons. The molecule has 3 rings (SSSR count). The van der Waals surface area contributed by atoms with E-state index in [9.17, 15) is 4.39 Å². The molecule has 2 aromatic carbocycles. The molecule has 1 heterocycles. The van der Waals surface area contributed by atoms with Crippen LogP contribution in [0, 0.1) is 5.82 Å². The number of nitrogens with one attached hydrogen (secondary N) is 1. The van der Waals surface area contributed by atoms with Crippen LogP contribution in [-0.4, -0.2) is 13.2 Å². The Labute approximate surface area is 130 Å². The first-order chi connectivity index (χ1) is 10.2. The number of ether oxygens (including phenoxy) is 2. The normalized spacial score (nSPS) is 14.8. The van der Waals surface area contributed by atoms with Crippen molar-refractivity contribution in [3.8, 4) is 11.5 Å². The lowest BCUT2D eigenvalue weighted by Gasteiger charge is -2.22. The van der Waals surface area contributed by atoms with Gasteiger partial charge in [-0.15, -0.1) is 0 Å². The average Bonchev–Trinajstić information content (AvgIpc) is 2.47. The van der Waals surface area contributed by atoms with Crippen LogP contribution in [0.2, 0.25) is 0 Å². The van der Waals surface area contributed by atoms with Gasteiger partial charge in [0.05, 0.1) is 6.04 Å². The Balaban J connectivity index is 1.99. The summed E-state index contributed by atoms with van der Waals surface area (Å²) in [7, 11) is 0. The third-order valence-corrected chi connectivity index (χ3v) is 3.74. The fraction of sp³-hybridized carbons (Fsp3) is 0.200. The molecular formula is C15H14BrFN2O2. The molecular weight excluding hydrogens is 339 g/mol. The summed E-state index contributed by atoms with van der Waals surface area (Å²) < 4.78 is 25.3. The average molecular weight is 353 g/mol. The van der Waals surface area contributed by atoms with Crippen LogP contribution < -0.4 is 20.7 Å². The molecule has 0 saturated heterocycles. The minimum absolute atomic E-state index is 0.322. The quantitative estimate of drug-likeness (QED) is 0.658. The first kappa shape index (κ1) is 14.3. The molecule has 6 heteroatoms. The molecule has 0 bridgehead atoms. The van der Waals surface area contributed by atoms with Gasteiger partial charge in [-0.2, -0.15) is 0 Å². The Bertz CT molecular complexity index is 646. The van der Waals surface area contributed by atoms with Crippen LogP contribution in [0.15, 0.2) is 40.9 Å². The van der Waals surface area contributed by atoms with Crippen molar-refractivity contribution in [3.05, 3.63) is 57.8 Å². The Morgan fingerprint density at radius 1 is 1.05 bits per heavy atom. The minimum Gasteiger partial charge on any atom is -0.486 e. The number of hydrogen-bond acceptors (Lipinski definition) is 4. The molecule has 21 heavy (non-hydrogen) atoms. The van der Waals surface area contributed by atoms with Gasteiger partial charge in [0.15, 0.2) is 11.5 Å². The number of halogens is 2. The summed E-state index contributed by atoms with van der Waals surface area (Å²) in [6, 6.07) is 9.92. The zero-order valence-electron chi connectivity index (χ0n) is 11.1. The number of hydrogen-bond donors (Lipinski definition) is 2. The van der Waals surface area contributed by atoms with Crippen LogP contribution in [0.5, 0.6) is 11.5 Å². The van der Waals surface area contributed by atoms with Gasteiger partial charge < -0.3 is 9.47 Å². The van der Waals surface area contributed by atoms with E-state index in [4.69, 9.17) is 15.3 Å². The lowest BCUT2D eigenvalue weighted by atomic mass is 9.98. The van der Waals surface area contributed by atoms with Gasteiger partial charge in [0, 0.05) is 4.47 Å². The molecule has 0 aromatic heterocycles. The summed E-state index contributed by atoms with van der Waals surface area (Å²) in [6.07, 6.45) is 0. The molecule has 0 spiro atoms. The second-order valence-electron chi connectivity index (χ2n) is 4.71. The maximum absolute atomic E-state index is 13.6. The van der Waals surface area contributed by atoms with E-state index in [1.807, 2.05) is 24.3 Å². The van der Waals surface area contributed by atoms with Crippen LogP contribution in [0.1, 0.15) is 17.2 Å². The van der Waals surface area contributed by atoms with E-state index < -0.39 is 0 Å². The highest BCUT2D eigenvalue weighted by Gasteiger charge is 2.18. The van der Waals surface area contributed by atoms with Crippen LogP contribution in [0.4, 0.5) is 4.39 Å². The van der Waals surface area contributed by atoms with E-state index in [-0.39, 0.29) is 11.9 Å². The molecule has 1 aliphatic heterocycles. The molecule has 0 saturated carbocycles. The predicted octanol–water partition coefficient (Wildman–Crippen LogP) is 2.91. The number of benzene rings is 2. The van der Waals surface area contributed by atoms with Gasteiger partial charge in [-0.1, -0.05) is 22.0 Å².